The monoisotopic (exact) mass is 395 g/mol. The summed E-state index contributed by atoms with van der Waals surface area (Å²) in [6.45, 7) is 4.16. The molecule has 1 heterocycles. The van der Waals surface area contributed by atoms with E-state index >= 15 is 0 Å². The van der Waals surface area contributed by atoms with Crippen LogP contribution >= 0.6 is 0 Å². The molecule has 1 aromatic heterocycles. The van der Waals surface area contributed by atoms with Crippen LogP contribution in [0.5, 0.6) is 0 Å². The molecule has 0 spiro atoms. The summed E-state index contributed by atoms with van der Waals surface area (Å²) in [7, 11) is 0. The number of hydrogen-bond acceptors (Lipinski definition) is 3. The van der Waals surface area contributed by atoms with Gasteiger partial charge in [-0.3, -0.25) is 14.6 Å². The van der Waals surface area contributed by atoms with Crippen molar-refractivity contribution in [1.29, 1.82) is 0 Å². The van der Waals surface area contributed by atoms with Crippen molar-refractivity contribution in [2.75, 3.05) is 10.6 Å². The lowest BCUT2D eigenvalue weighted by Crippen LogP contribution is -2.17. The zero-order valence-corrected chi connectivity index (χ0v) is 15.9. The van der Waals surface area contributed by atoms with Crippen LogP contribution in [-0.4, -0.2) is 16.8 Å². The van der Waals surface area contributed by atoms with Gasteiger partial charge in [-0.25, -0.2) is 8.78 Å². The Morgan fingerprint density at radius 2 is 1.48 bits per heavy atom. The van der Waals surface area contributed by atoms with Crippen LogP contribution in [0.3, 0.4) is 0 Å². The van der Waals surface area contributed by atoms with Gasteiger partial charge < -0.3 is 10.6 Å². The van der Waals surface area contributed by atoms with Crippen LogP contribution in [0.25, 0.3) is 0 Å². The van der Waals surface area contributed by atoms with Gasteiger partial charge in [0, 0.05) is 29.2 Å². The molecule has 2 N–H and O–H groups in total. The number of anilines is 2. The molecule has 0 atom stereocenters. The number of rotatable bonds is 5. The number of carbonyl (C=O) groups is 2. The van der Waals surface area contributed by atoms with Crippen molar-refractivity contribution in [3.8, 4) is 0 Å². The number of hydrogen-bond donors (Lipinski definition) is 2. The lowest BCUT2D eigenvalue weighted by molar-refractivity contribution is 0.102. The zero-order chi connectivity index (χ0) is 21.0. The Balaban J connectivity index is 1.71. The van der Waals surface area contributed by atoms with Crippen LogP contribution < -0.4 is 10.6 Å². The first-order valence-electron chi connectivity index (χ1n) is 8.97. The van der Waals surface area contributed by atoms with Crippen LogP contribution in [0.4, 0.5) is 20.2 Å². The van der Waals surface area contributed by atoms with Gasteiger partial charge >= 0.3 is 0 Å². The Kier molecular flexibility index (Phi) is 5.97. The molecule has 29 heavy (non-hydrogen) atoms. The van der Waals surface area contributed by atoms with Crippen molar-refractivity contribution in [3.63, 3.8) is 0 Å². The fourth-order valence-electron chi connectivity index (χ4n) is 2.62. The van der Waals surface area contributed by atoms with Gasteiger partial charge in [0.15, 0.2) is 11.6 Å². The van der Waals surface area contributed by atoms with Crippen molar-refractivity contribution in [2.24, 2.45) is 0 Å². The highest BCUT2D eigenvalue weighted by atomic mass is 19.2. The van der Waals surface area contributed by atoms with Crippen LogP contribution in [0.1, 0.15) is 46.2 Å². The largest absolute Gasteiger partial charge is 0.322 e. The van der Waals surface area contributed by atoms with Crippen molar-refractivity contribution < 1.29 is 18.4 Å². The molecule has 0 saturated carbocycles. The molecule has 0 fully saturated rings. The van der Waals surface area contributed by atoms with Gasteiger partial charge in [0.2, 0.25) is 0 Å². The minimum absolute atomic E-state index is 0.0301. The van der Waals surface area contributed by atoms with Crippen LogP contribution in [0, 0.1) is 11.6 Å². The molecule has 0 aliphatic rings. The van der Waals surface area contributed by atoms with E-state index in [0.29, 0.717) is 11.6 Å². The summed E-state index contributed by atoms with van der Waals surface area (Å²) in [5, 5.41) is 5.18. The number of amides is 2. The molecule has 148 valence electrons. The van der Waals surface area contributed by atoms with Gasteiger partial charge in [-0.15, -0.1) is 0 Å². The molecular weight excluding hydrogens is 376 g/mol. The van der Waals surface area contributed by atoms with Gasteiger partial charge in [0.1, 0.15) is 5.69 Å². The third kappa shape index (κ3) is 5.01. The Morgan fingerprint density at radius 3 is 2.14 bits per heavy atom. The lowest BCUT2D eigenvalue weighted by Gasteiger charge is -2.09. The first kappa shape index (κ1) is 20.1. The Labute approximate surface area is 166 Å². The Hall–Kier alpha value is -3.61. The number of halogens is 2. The molecule has 2 aromatic carbocycles. The van der Waals surface area contributed by atoms with E-state index in [-0.39, 0.29) is 16.9 Å². The molecule has 0 radical (unpaired) electrons. The van der Waals surface area contributed by atoms with E-state index in [1.807, 2.05) is 24.3 Å². The predicted molar refractivity (Wildman–Crippen MR) is 107 cm³/mol. The minimum Gasteiger partial charge on any atom is -0.322 e. The molecule has 3 aromatic rings. The lowest BCUT2D eigenvalue weighted by atomic mass is 10.0. The first-order chi connectivity index (χ1) is 13.8. The van der Waals surface area contributed by atoms with Crippen molar-refractivity contribution in [2.45, 2.75) is 19.8 Å². The van der Waals surface area contributed by atoms with E-state index in [4.69, 9.17) is 0 Å². The fraction of sp³-hybridized carbons (Fsp3) is 0.136. The second-order valence-corrected chi connectivity index (χ2v) is 6.74. The molecule has 2 amide bonds. The number of benzene rings is 2. The molecule has 0 aliphatic heterocycles. The highest BCUT2D eigenvalue weighted by Crippen LogP contribution is 2.18. The predicted octanol–water partition coefficient (Wildman–Crippen LogP) is 4.99. The summed E-state index contributed by atoms with van der Waals surface area (Å²) in [6, 6.07) is 13.3. The molecular formula is C22H19F2N3O2. The molecule has 5 nitrogen and oxygen atoms in total. The Bertz CT molecular complexity index is 1050. The maximum absolute atomic E-state index is 13.3. The summed E-state index contributed by atoms with van der Waals surface area (Å²) in [5.41, 5.74) is 2.07. The van der Waals surface area contributed by atoms with Crippen molar-refractivity contribution >= 4 is 23.2 Å². The van der Waals surface area contributed by atoms with E-state index in [1.54, 1.807) is 0 Å². The minimum atomic E-state index is -1.08. The summed E-state index contributed by atoms with van der Waals surface area (Å²) in [6.07, 6.45) is 1.33. The molecule has 0 saturated heterocycles. The van der Waals surface area contributed by atoms with Crippen LogP contribution in [0.15, 0.2) is 60.8 Å². The third-order valence-corrected chi connectivity index (χ3v) is 4.27. The first-order valence-corrected chi connectivity index (χ1v) is 8.97. The number of nitrogens with one attached hydrogen (secondary N) is 2. The number of carbonyl (C=O) groups excluding carboxylic acids is 2. The summed E-state index contributed by atoms with van der Waals surface area (Å²) in [4.78, 5) is 28.7. The number of nitrogens with zero attached hydrogens (tertiary/aromatic N) is 1. The van der Waals surface area contributed by atoms with Gasteiger partial charge in [-0.1, -0.05) is 26.0 Å². The maximum atomic E-state index is 13.3. The van der Waals surface area contributed by atoms with Crippen LogP contribution in [0.2, 0.25) is 0 Å². The molecule has 0 aliphatic carbocycles. The number of pyridine rings is 1. The maximum Gasteiger partial charge on any atom is 0.274 e. The van der Waals surface area contributed by atoms with E-state index in [2.05, 4.69) is 29.5 Å². The van der Waals surface area contributed by atoms with Crippen molar-refractivity contribution in [3.05, 3.63) is 89.2 Å². The highest BCUT2D eigenvalue weighted by molar-refractivity contribution is 6.07. The quantitative estimate of drug-likeness (QED) is 0.640. The normalized spacial score (nSPS) is 10.7. The topological polar surface area (TPSA) is 71.1 Å². The van der Waals surface area contributed by atoms with E-state index in [9.17, 15) is 18.4 Å². The second-order valence-electron chi connectivity index (χ2n) is 6.74. The molecule has 0 bridgehead atoms. The smallest absolute Gasteiger partial charge is 0.274 e. The highest BCUT2D eigenvalue weighted by Gasteiger charge is 2.13. The standard InChI is InChI=1S/C22H19F2N3O2/c1-13(2)14-3-5-16(6-4-14)26-21(28)15-9-10-25-20(11-15)22(29)27-17-7-8-18(23)19(24)12-17/h3-13H,1-2H3,(H,26,28)(H,27,29). The van der Waals surface area contributed by atoms with Gasteiger partial charge in [-0.2, -0.15) is 0 Å². The van der Waals surface area contributed by atoms with Crippen molar-refractivity contribution in [1.82, 2.24) is 4.98 Å². The summed E-state index contributed by atoms with van der Waals surface area (Å²) in [5.74, 6) is -2.75. The molecule has 7 heteroatoms. The van der Waals surface area contributed by atoms with Crippen LogP contribution in [-0.2, 0) is 0 Å². The SMILES string of the molecule is CC(C)c1ccc(NC(=O)c2ccnc(C(=O)Nc3ccc(F)c(F)c3)c2)cc1. The Morgan fingerprint density at radius 1 is 0.828 bits per heavy atom. The fourth-order valence-corrected chi connectivity index (χ4v) is 2.62. The van der Waals surface area contributed by atoms with E-state index < -0.39 is 23.4 Å². The summed E-state index contributed by atoms with van der Waals surface area (Å²) >= 11 is 0. The molecule has 0 unspecified atom stereocenters. The van der Waals surface area contributed by atoms with E-state index in [0.717, 1.165) is 17.7 Å². The average molecular weight is 395 g/mol. The van der Waals surface area contributed by atoms with E-state index in [1.165, 1.54) is 24.4 Å². The second kappa shape index (κ2) is 8.60. The zero-order valence-electron chi connectivity index (χ0n) is 15.9. The summed E-state index contributed by atoms with van der Waals surface area (Å²) < 4.78 is 26.3. The third-order valence-electron chi connectivity index (χ3n) is 4.27. The van der Waals surface area contributed by atoms with Gasteiger partial charge in [0.05, 0.1) is 0 Å². The van der Waals surface area contributed by atoms with Gasteiger partial charge in [-0.05, 0) is 47.9 Å². The van der Waals surface area contributed by atoms with Gasteiger partial charge in [0.25, 0.3) is 11.8 Å². The molecule has 3 rings (SSSR count). The number of aromatic nitrogens is 1. The average Bonchev–Trinajstić information content (AvgIpc) is 2.71.